The van der Waals surface area contributed by atoms with E-state index < -0.39 is 0 Å². The molecule has 4 aliphatic heterocycles. The number of hydrogen-bond donors (Lipinski definition) is 0. The number of unbranched alkanes of at least 4 members (excludes halogenated alkanes) is 20. The molecule has 0 fully saturated rings. The molecule has 0 unspecified atom stereocenters. The van der Waals surface area contributed by atoms with Crippen molar-refractivity contribution in [2.45, 2.75) is 201 Å². The highest BCUT2D eigenvalue weighted by Gasteiger charge is 2.31. The van der Waals surface area contributed by atoms with E-state index in [1.165, 1.54) is 214 Å². The van der Waals surface area contributed by atoms with Crippen molar-refractivity contribution in [3.63, 3.8) is 0 Å². The second-order valence-electron chi connectivity index (χ2n) is 17.4. The zero-order valence-corrected chi connectivity index (χ0v) is 51.0. The van der Waals surface area contributed by atoms with Crippen LogP contribution in [0.4, 0.5) is 0 Å². The van der Waals surface area contributed by atoms with E-state index in [0.29, 0.717) is 0 Å². The summed E-state index contributed by atoms with van der Waals surface area (Å²) in [5.41, 5.74) is 2.08. The van der Waals surface area contributed by atoms with Gasteiger partial charge in [0.2, 0.25) is 0 Å². The molecule has 0 N–H and O–H groups in total. The molecular weight excluding hydrogens is 1060 g/mol. The highest BCUT2D eigenvalue weighted by atomic mass is 32.3. The van der Waals surface area contributed by atoms with Crippen LogP contribution in [-0.4, -0.2) is 23.0 Å². The highest BCUT2D eigenvalue weighted by molar-refractivity contribution is 8.43. The van der Waals surface area contributed by atoms with Crippen molar-refractivity contribution in [3.8, 4) is 23.7 Å². The summed E-state index contributed by atoms with van der Waals surface area (Å²) in [7, 11) is 0. The van der Waals surface area contributed by atoms with Crippen LogP contribution in [0.25, 0.3) is 0 Å². The number of fused-ring (bicyclic) bond motifs is 2. The van der Waals surface area contributed by atoms with Gasteiger partial charge < -0.3 is 0 Å². The van der Waals surface area contributed by atoms with E-state index >= 15 is 0 Å². The van der Waals surface area contributed by atoms with Crippen LogP contribution in [0.3, 0.4) is 0 Å². The molecule has 370 valence electrons. The maximum Gasteiger partial charge on any atom is 0.0717 e. The van der Waals surface area contributed by atoms with Crippen molar-refractivity contribution in [1.82, 2.24) is 0 Å². The first-order valence-corrected chi connectivity index (χ1v) is 36.3. The second kappa shape index (κ2) is 35.1. The normalized spacial score (nSPS) is 15.4. The van der Waals surface area contributed by atoms with Gasteiger partial charge in [0.05, 0.1) is 33.9 Å². The molecule has 4 aliphatic rings. The van der Waals surface area contributed by atoms with Gasteiger partial charge in [-0.3, -0.25) is 0 Å². The maximum absolute atomic E-state index is 3.38. The van der Waals surface area contributed by atoms with Gasteiger partial charge in [0.1, 0.15) is 0 Å². The van der Waals surface area contributed by atoms with Crippen LogP contribution < -0.4 is 0 Å². The van der Waals surface area contributed by atoms with Gasteiger partial charge in [0, 0.05) is 30.7 Å². The zero-order valence-electron chi connectivity index (χ0n) is 41.2. The number of hydrogen-bond acceptors (Lipinski definition) is 12. The molecule has 2 aromatic rings. The lowest BCUT2D eigenvalue weighted by molar-refractivity contribution is 0.627. The van der Waals surface area contributed by atoms with Crippen LogP contribution in [0.2, 0.25) is 0 Å². The first kappa shape index (κ1) is 58.0. The van der Waals surface area contributed by atoms with Crippen LogP contribution >= 0.6 is 141 Å². The molecule has 68 heavy (non-hydrogen) atoms. The summed E-state index contributed by atoms with van der Waals surface area (Å²) in [4.78, 5) is 5.35. The Morgan fingerprint density at radius 2 is 0.574 bits per heavy atom. The van der Waals surface area contributed by atoms with Crippen molar-refractivity contribution in [3.05, 3.63) is 81.4 Å². The summed E-state index contributed by atoms with van der Waals surface area (Å²) in [6.07, 6.45) is 32.7. The van der Waals surface area contributed by atoms with Gasteiger partial charge in [-0.05, 0) is 96.9 Å². The Hall–Kier alpha value is 0.720. The summed E-state index contributed by atoms with van der Waals surface area (Å²) < 4.78 is 12.0. The van der Waals surface area contributed by atoms with E-state index in [0.717, 1.165) is 11.1 Å². The quantitative estimate of drug-likeness (QED) is 0.0506. The third-order valence-electron chi connectivity index (χ3n) is 11.5. The minimum Gasteiger partial charge on any atom is -0.117 e. The van der Waals surface area contributed by atoms with Crippen LogP contribution in [0.5, 0.6) is 0 Å². The highest BCUT2D eigenvalue weighted by Crippen LogP contribution is 2.66. The first-order chi connectivity index (χ1) is 33.6. The summed E-state index contributed by atoms with van der Waals surface area (Å²) in [6.45, 7) is 9.22. The fourth-order valence-electron chi connectivity index (χ4n) is 7.57. The third-order valence-corrected chi connectivity index (χ3v) is 29.0. The lowest BCUT2D eigenvalue weighted by atomic mass is 10.1. The average molecular weight is 1130 g/mol. The summed E-state index contributed by atoms with van der Waals surface area (Å²) in [5, 5.41) is 0. The largest absolute Gasteiger partial charge is 0.117 e. The predicted octanol–water partition coefficient (Wildman–Crippen LogP) is 23.3. The SMILES string of the molecule is CCCCCCCCSC1=C(SCCCCCCCC)SC(=C2Sc3ccc(C#CC#Cc4ccc5c(c4)SC(=C4SC(SCCCCCCCC)=C(SCCCCCCCC)S4)S5)cc3S2)S1. The van der Waals surface area contributed by atoms with Gasteiger partial charge in [0.25, 0.3) is 0 Å². The van der Waals surface area contributed by atoms with Gasteiger partial charge >= 0.3 is 0 Å². The minimum absolute atomic E-state index is 1.04. The van der Waals surface area contributed by atoms with Gasteiger partial charge in [-0.15, -0.1) is 47.0 Å². The maximum atomic E-state index is 3.38. The van der Waals surface area contributed by atoms with Crippen LogP contribution in [0, 0.1) is 23.7 Å². The van der Waals surface area contributed by atoms with Crippen molar-refractivity contribution in [2.24, 2.45) is 0 Å². The van der Waals surface area contributed by atoms with E-state index in [9.17, 15) is 0 Å². The monoisotopic (exact) mass is 1130 g/mol. The summed E-state index contributed by atoms with van der Waals surface area (Å²) in [6, 6.07) is 13.4. The molecule has 0 nitrogen and oxygen atoms in total. The molecule has 0 bridgehead atoms. The van der Waals surface area contributed by atoms with Gasteiger partial charge in [-0.1, -0.05) is 262 Å². The smallest absolute Gasteiger partial charge is 0.0717 e. The molecule has 0 atom stereocenters. The molecular formula is C56H74S12. The fourth-order valence-corrected chi connectivity index (χ4v) is 25.2. The molecule has 12 heteroatoms. The van der Waals surface area contributed by atoms with E-state index in [-0.39, 0.29) is 0 Å². The Morgan fingerprint density at radius 3 is 0.882 bits per heavy atom. The molecule has 0 saturated carbocycles. The summed E-state index contributed by atoms with van der Waals surface area (Å²) >= 11 is 24.4. The van der Waals surface area contributed by atoms with E-state index in [1.54, 1.807) is 16.9 Å². The van der Waals surface area contributed by atoms with Crippen LogP contribution in [0.15, 0.2) is 89.9 Å². The van der Waals surface area contributed by atoms with Gasteiger partial charge in [0.15, 0.2) is 0 Å². The Morgan fingerprint density at radius 1 is 0.309 bits per heavy atom. The van der Waals surface area contributed by atoms with Crippen molar-refractivity contribution < 1.29 is 0 Å². The number of thioether (sulfide) groups is 12. The van der Waals surface area contributed by atoms with Crippen molar-refractivity contribution >= 4 is 141 Å². The molecule has 6 rings (SSSR count). The second-order valence-corrected chi connectivity index (χ2v) is 32.2. The van der Waals surface area contributed by atoms with Gasteiger partial charge in [-0.2, -0.15) is 0 Å². The fraction of sp³-hybridized carbons (Fsp3) is 0.571. The Bertz CT molecular complexity index is 1930. The molecule has 0 aromatic heterocycles. The van der Waals surface area contributed by atoms with E-state index in [4.69, 9.17) is 0 Å². The summed E-state index contributed by atoms with van der Waals surface area (Å²) in [5.74, 6) is 18.1. The lowest BCUT2D eigenvalue weighted by Gasteiger charge is -2.05. The Labute approximate surface area is 465 Å². The molecule has 0 spiro atoms. The zero-order chi connectivity index (χ0) is 47.4. The molecule has 0 aliphatic carbocycles. The topological polar surface area (TPSA) is 0 Å². The molecule has 2 aromatic carbocycles. The first-order valence-electron chi connectivity index (χ1n) is 25.8. The predicted molar refractivity (Wildman–Crippen MR) is 332 cm³/mol. The van der Waals surface area contributed by atoms with E-state index in [1.807, 2.05) is 94.1 Å². The standard InChI is InChI=1S/C56H74S12/c1-5-9-13-17-21-27-37-57-49-50(58-38-28-22-18-14-10-6-2)66-55(65-49)53-61-45-35-33-43(41-47(45)63-53)31-25-26-32-44-34-36-46-48(42-44)64-54(62-46)56-67-51(59-39-29-23-19-15-11-7-3)52(68-56)60-40-30-24-20-16-12-8-4/h33-36,41-42H,5-24,27-30,37-40H2,1-4H3. The molecule has 4 heterocycles. The minimum atomic E-state index is 1.04. The molecule has 0 saturated heterocycles. The Balaban J connectivity index is 1.01. The third kappa shape index (κ3) is 20.8. The average Bonchev–Trinajstić information content (AvgIpc) is 4.17. The van der Waals surface area contributed by atoms with E-state index in [2.05, 4.69) is 135 Å². The number of rotatable bonds is 32. The van der Waals surface area contributed by atoms with Crippen LogP contribution in [-0.2, 0) is 0 Å². The van der Waals surface area contributed by atoms with Crippen LogP contribution in [0.1, 0.15) is 193 Å². The van der Waals surface area contributed by atoms with Gasteiger partial charge in [-0.25, -0.2) is 0 Å². The number of benzene rings is 2. The molecule has 0 amide bonds. The Kier molecular flexibility index (Phi) is 29.9. The van der Waals surface area contributed by atoms with Crippen molar-refractivity contribution in [2.75, 3.05) is 23.0 Å². The van der Waals surface area contributed by atoms with Crippen molar-refractivity contribution in [1.29, 1.82) is 0 Å². The lowest BCUT2D eigenvalue weighted by Crippen LogP contribution is -1.84. The molecule has 0 radical (unpaired) electrons.